The van der Waals surface area contributed by atoms with Crippen LogP contribution in [0.15, 0.2) is 42.6 Å². The molecule has 0 atom stereocenters. The van der Waals surface area contributed by atoms with Gasteiger partial charge in [0.25, 0.3) is 5.91 Å². The Morgan fingerprint density at radius 1 is 1.07 bits per heavy atom. The molecule has 152 valence electrons. The van der Waals surface area contributed by atoms with Crippen LogP contribution in [0, 0.1) is 0 Å². The summed E-state index contributed by atoms with van der Waals surface area (Å²) in [5, 5.41) is 10.9. The van der Waals surface area contributed by atoms with Crippen LogP contribution in [0.5, 0.6) is 0 Å². The summed E-state index contributed by atoms with van der Waals surface area (Å²) in [5.41, 5.74) is 2.59. The summed E-state index contributed by atoms with van der Waals surface area (Å²) in [6.45, 7) is 6.48. The highest BCUT2D eigenvalue weighted by atomic mass is 16.1. The fraction of sp³-hybridized carbons (Fsp3) is 0.435. The van der Waals surface area contributed by atoms with Crippen LogP contribution in [0.1, 0.15) is 68.8 Å². The maximum atomic E-state index is 12.8. The van der Waals surface area contributed by atoms with Crippen LogP contribution in [0.2, 0.25) is 0 Å². The minimum absolute atomic E-state index is 0.0588. The maximum Gasteiger partial charge on any atom is 0.256 e. The summed E-state index contributed by atoms with van der Waals surface area (Å²) >= 11 is 0. The largest absolute Gasteiger partial charge is 0.367 e. The molecular formula is C23H29N5O. The molecule has 2 heterocycles. The Bertz CT molecular complexity index is 994. The average molecular weight is 392 g/mol. The first-order valence-electron chi connectivity index (χ1n) is 10.4. The molecule has 0 bridgehead atoms. The van der Waals surface area contributed by atoms with Crippen LogP contribution in [0.25, 0.3) is 5.65 Å². The van der Waals surface area contributed by atoms with E-state index in [4.69, 9.17) is 0 Å². The highest BCUT2D eigenvalue weighted by Gasteiger charge is 2.17. The van der Waals surface area contributed by atoms with Gasteiger partial charge in [-0.1, -0.05) is 52.2 Å². The lowest BCUT2D eigenvalue weighted by atomic mass is 9.87. The second kappa shape index (κ2) is 7.85. The van der Waals surface area contributed by atoms with Gasteiger partial charge in [-0.05, 0) is 36.0 Å². The van der Waals surface area contributed by atoms with Gasteiger partial charge < -0.3 is 10.6 Å². The van der Waals surface area contributed by atoms with E-state index >= 15 is 0 Å². The van der Waals surface area contributed by atoms with Gasteiger partial charge in [0.15, 0.2) is 5.65 Å². The Balaban J connectivity index is 1.55. The number of carbonyl (C=O) groups is 1. The molecule has 1 fully saturated rings. The lowest BCUT2D eigenvalue weighted by Gasteiger charge is -2.24. The van der Waals surface area contributed by atoms with Gasteiger partial charge in [0.05, 0.1) is 6.20 Å². The highest BCUT2D eigenvalue weighted by molar-refractivity contribution is 6.04. The second-order valence-corrected chi connectivity index (χ2v) is 8.89. The van der Waals surface area contributed by atoms with Crippen LogP contribution in [-0.2, 0) is 5.41 Å². The summed E-state index contributed by atoms with van der Waals surface area (Å²) in [4.78, 5) is 17.3. The number of benzene rings is 1. The molecular weight excluding hydrogens is 362 g/mol. The summed E-state index contributed by atoms with van der Waals surface area (Å²) in [6, 6.07) is 11.9. The van der Waals surface area contributed by atoms with Crippen molar-refractivity contribution >= 4 is 23.2 Å². The van der Waals surface area contributed by atoms with E-state index in [1.165, 1.54) is 24.8 Å². The molecule has 0 aliphatic heterocycles. The average Bonchev–Trinajstić information content (AvgIpc) is 3.17. The highest BCUT2D eigenvalue weighted by Crippen LogP contribution is 2.25. The van der Waals surface area contributed by atoms with E-state index < -0.39 is 0 Å². The summed E-state index contributed by atoms with van der Waals surface area (Å²) < 4.78 is 1.79. The quantitative estimate of drug-likeness (QED) is 0.655. The van der Waals surface area contributed by atoms with Crippen LogP contribution in [0.4, 0.5) is 11.6 Å². The van der Waals surface area contributed by atoms with Gasteiger partial charge in [0.2, 0.25) is 0 Å². The molecule has 2 N–H and O–H groups in total. The molecule has 1 amide bonds. The van der Waals surface area contributed by atoms with Crippen molar-refractivity contribution in [1.29, 1.82) is 0 Å². The lowest BCUT2D eigenvalue weighted by molar-refractivity contribution is 0.102. The third-order valence-corrected chi connectivity index (χ3v) is 5.57. The van der Waals surface area contributed by atoms with E-state index in [2.05, 4.69) is 41.5 Å². The molecule has 0 radical (unpaired) electrons. The van der Waals surface area contributed by atoms with Gasteiger partial charge in [-0.2, -0.15) is 9.61 Å². The van der Waals surface area contributed by atoms with Crippen molar-refractivity contribution in [2.45, 2.75) is 64.3 Å². The molecule has 4 rings (SSSR count). The zero-order valence-electron chi connectivity index (χ0n) is 17.4. The molecule has 0 saturated heterocycles. The predicted octanol–water partition coefficient (Wildman–Crippen LogP) is 5.02. The molecule has 0 unspecified atom stereocenters. The fourth-order valence-electron chi connectivity index (χ4n) is 3.85. The second-order valence-electron chi connectivity index (χ2n) is 8.89. The first-order valence-corrected chi connectivity index (χ1v) is 10.4. The number of anilines is 2. The monoisotopic (exact) mass is 391 g/mol. The van der Waals surface area contributed by atoms with E-state index in [9.17, 15) is 4.79 Å². The molecule has 6 nitrogen and oxygen atoms in total. The Hall–Kier alpha value is -2.89. The Labute approximate surface area is 171 Å². The number of amides is 1. The van der Waals surface area contributed by atoms with Crippen molar-refractivity contribution in [2.24, 2.45) is 0 Å². The standard InChI is InChI=1S/C23H29N5O/c1-23(2,3)17-11-9-16(10-12-17)22(29)27-19-15-21(25-18-7-5-4-6-8-18)28-20(26-19)13-14-24-28/h9-15,18,25H,4-8H2,1-3H3,(H,26,27,29). The summed E-state index contributed by atoms with van der Waals surface area (Å²) in [5.74, 6) is 1.23. The molecule has 1 aliphatic rings. The summed E-state index contributed by atoms with van der Waals surface area (Å²) in [7, 11) is 0. The molecule has 1 saturated carbocycles. The number of nitrogens with one attached hydrogen (secondary N) is 2. The van der Waals surface area contributed by atoms with E-state index in [1.807, 2.05) is 36.4 Å². The van der Waals surface area contributed by atoms with Gasteiger partial charge in [-0.3, -0.25) is 4.79 Å². The molecule has 29 heavy (non-hydrogen) atoms. The topological polar surface area (TPSA) is 71.3 Å². The minimum Gasteiger partial charge on any atom is -0.367 e. The Morgan fingerprint density at radius 3 is 2.48 bits per heavy atom. The number of rotatable bonds is 4. The molecule has 1 aromatic carbocycles. The van der Waals surface area contributed by atoms with Crippen molar-refractivity contribution in [2.75, 3.05) is 10.6 Å². The van der Waals surface area contributed by atoms with Crippen molar-refractivity contribution in [3.63, 3.8) is 0 Å². The molecule has 2 aromatic heterocycles. The number of nitrogens with zero attached hydrogens (tertiary/aromatic N) is 3. The van der Waals surface area contributed by atoms with Crippen molar-refractivity contribution in [3.05, 3.63) is 53.7 Å². The number of aromatic nitrogens is 3. The number of fused-ring (bicyclic) bond motifs is 1. The molecule has 1 aliphatic carbocycles. The van der Waals surface area contributed by atoms with Crippen LogP contribution < -0.4 is 10.6 Å². The van der Waals surface area contributed by atoms with Gasteiger partial charge in [0.1, 0.15) is 11.6 Å². The summed E-state index contributed by atoms with van der Waals surface area (Å²) in [6.07, 6.45) is 7.85. The maximum absolute atomic E-state index is 12.8. The Kier molecular flexibility index (Phi) is 5.26. The third-order valence-electron chi connectivity index (χ3n) is 5.57. The first-order chi connectivity index (χ1) is 13.9. The molecule has 0 spiro atoms. The van der Waals surface area contributed by atoms with Gasteiger partial charge >= 0.3 is 0 Å². The van der Waals surface area contributed by atoms with E-state index in [0.717, 1.165) is 18.7 Å². The van der Waals surface area contributed by atoms with E-state index in [0.29, 0.717) is 23.1 Å². The fourth-order valence-corrected chi connectivity index (χ4v) is 3.85. The van der Waals surface area contributed by atoms with E-state index in [-0.39, 0.29) is 11.3 Å². The van der Waals surface area contributed by atoms with Crippen LogP contribution in [0.3, 0.4) is 0 Å². The molecule has 6 heteroatoms. The number of hydrogen-bond acceptors (Lipinski definition) is 4. The zero-order valence-corrected chi connectivity index (χ0v) is 17.4. The van der Waals surface area contributed by atoms with Crippen LogP contribution >= 0.6 is 0 Å². The number of carbonyl (C=O) groups excluding carboxylic acids is 1. The molecule has 3 aromatic rings. The third kappa shape index (κ3) is 4.42. The van der Waals surface area contributed by atoms with Crippen molar-refractivity contribution < 1.29 is 4.79 Å². The Morgan fingerprint density at radius 2 is 1.79 bits per heavy atom. The first kappa shape index (κ1) is 19.4. The van der Waals surface area contributed by atoms with Crippen molar-refractivity contribution in [1.82, 2.24) is 14.6 Å². The SMILES string of the molecule is CC(C)(C)c1ccc(C(=O)Nc2cc(NC3CCCCC3)n3nccc3n2)cc1. The van der Waals surface area contributed by atoms with Crippen molar-refractivity contribution in [3.8, 4) is 0 Å². The lowest BCUT2D eigenvalue weighted by Crippen LogP contribution is -2.24. The predicted molar refractivity (Wildman–Crippen MR) is 117 cm³/mol. The zero-order chi connectivity index (χ0) is 20.4. The van der Waals surface area contributed by atoms with Crippen LogP contribution in [-0.4, -0.2) is 26.5 Å². The minimum atomic E-state index is -0.162. The smallest absolute Gasteiger partial charge is 0.256 e. The van der Waals surface area contributed by atoms with Gasteiger partial charge in [0, 0.05) is 23.7 Å². The normalized spacial score (nSPS) is 15.4. The number of hydrogen-bond donors (Lipinski definition) is 2. The van der Waals surface area contributed by atoms with Gasteiger partial charge in [-0.25, -0.2) is 4.98 Å². The van der Waals surface area contributed by atoms with Gasteiger partial charge in [-0.15, -0.1) is 0 Å². The van der Waals surface area contributed by atoms with E-state index in [1.54, 1.807) is 10.7 Å².